The van der Waals surface area contributed by atoms with E-state index < -0.39 is 0 Å². The SMILES string of the molecule is CC(C)N1CCN([n+]2cc(NC(=O)CCCSC(=O)c3ccccc3)on2)CC1. The largest absolute Gasteiger partial charge is 0.305 e. The molecule has 1 aliphatic rings. The number of piperazine rings is 1. The van der Waals surface area contributed by atoms with E-state index in [4.69, 9.17) is 4.52 Å². The molecule has 1 aliphatic heterocycles. The number of carbonyl (C=O) groups is 2. The van der Waals surface area contributed by atoms with Crippen molar-refractivity contribution in [2.24, 2.45) is 0 Å². The Hall–Kier alpha value is -2.39. The summed E-state index contributed by atoms with van der Waals surface area (Å²) in [7, 11) is 0. The smallest absolute Gasteiger partial charge is 0.297 e. The standard InChI is InChI=1S/C20H27N5O3S/c1-16(2)23-10-12-24(13-11-23)25-15-19(28-22-25)21-18(26)9-6-14-29-20(27)17-7-4-3-5-8-17/h3-5,7-8,15-16H,6,9-14H2,1-2H3/p+1. The predicted molar refractivity (Wildman–Crippen MR) is 112 cm³/mol. The number of nitrogens with one attached hydrogen (secondary N) is 1. The molecule has 0 atom stereocenters. The van der Waals surface area contributed by atoms with Gasteiger partial charge < -0.3 is 0 Å². The molecule has 2 aromatic rings. The highest BCUT2D eigenvalue weighted by Gasteiger charge is 2.27. The van der Waals surface area contributed by atoms with Crippen LogP contribution < -0.4 is 15.1 Å². The Morgan fingerprint density at radius 2 is 1.93 bits per heavy atom. The third-order valence-corrected chi connectivity index (χ3v) is 5.81. The van der Waals surface area contributed by atoms with E-state index in [0.717, 1.165) is 26.2 Å². The monoisotopic (exact) mass is 418 g/mol. The van der Waals surface area contributed by atoms with Crippen LogP contribution in [0.2, 0.25) is 0 Å². The van der Waals surface area contributed by atoms with Crippen molar-refractivity contribution in [2.75, 3.05) is 42.3 Å². The number of hydrogen-bond donors (Lipinski definition) is 1. The Balaban J connectivity index is 1.36. The minimum absolute atomic E-state index is 0.0276. The average Bonchev–Trinajstić information content (AvgIpc) is 3.20. The van der Waals surface area contributed by atoms with Gasteiger partial charge in [0, 0.05) is 36.9 Å². The summed E-state index contributed by atoms with van der Waals surface area (Å²) in [6.45, 7) is 8.05. The molecule has 0 unspecified atom stereocenters. The number of aromatic nitrogens is 2. The maximum Gasteiger partial charge on any atom is 0.305 e. The molecule has 156 valence electrons. The number of rotatable bonds is 8. The van der Waals surface area contributed by atoms with Crippen LogP contribution in [0.1, 0.15) is 37.0 Å². The zero-order valence-corrected chi connectivity index (χ0v) is 17.7. The third-order valence-electron chi connectivity index (χ3n) is 4.82. The van der Waals surface area contributed by atoms with Crippen LogP contribution in [0.4, 0.5) is 5.88 Å². The fourth-order valence-electron chi connectivity index (χ4n) is 3.11. The summed E-state index contributed by atoms with van der Waals surface area (Å²) >= 11 is 1.23. The minimum Gasteiger partial charge on any atom is -0.297 e. The zero-order chi connectivity index (χ0) is 20.6. The topological polar surface area (TPSA) is 82.6 Å². The Morgan fingerprint density at radius 3 is 2.62 bits per heavy atom. The second-order valence-corrected chi connectivity index (χ2v) is 8.29. The van der Waals surface area contributed by atoms with Gasteiger partial charge in [-0.1, -0.05) is 42.1 Å². The van der Waals surface area contributed by atoms with Gasteiger partial charge in [-0.3, -0.25) is 24.3 Å². The lowest BCUT2D eigenvalue weighted by molar-refractivity contribution is -0.759. The van der Waals surface area contributed by atoms with Crippen molar-refractivity contribution in [1.29, 1.82) is 0 Å². The van der Waals surface area contributed by atoms with Gasteiger partial charge in [0.2, 0.25) is 16.3 Å². The predicted octanol–water partition coefficient (Wildman–Crippen LogP) is 1.92. The van der Waals surface area contributed by atoms with Crippen LogP contribution in [0.15, 0.2) is 41.1 Å². The lowest BCUT2D eigenvalue weighted by Gasteiger charge is -2.32. The third kappa shape index (κ3) is 6.30. The molecule has 29 heavy (non-hydrogen) atoms. The molecule has 1 fully saturated rings. The van der Waals surface area contributed by atoms with E-state index in [1.54, 1.807) is 23.1 Å². The van der Waals surface area contributed by atoms with Crippen molar-refractivity contribution < 1.29 is 18.9 Å². The van der Waals surface area contributed by atoms with Crippen molar-refractivity contribution >= 4 is 28.7 Å². The van der Waals surface area contributed by atoms with Crippen molar-refractivity contribution in [3.8, 4) is 0 Å². The maximum absolute atomic E-state index is 12.1. The minimum atomic E-state index is -0.148. The van der Waals surface area contributed by atoms with E-state index in [9.17, 15) is 9.59 Å². The molecule has 1 amide bonds. The van der Waals surface area contributed by atoms with Crippen molar-refractivity contribution in [3.63, 3.8) is 0 Å². The molecule has 3 rings (SSSR count). The highest BCUT2D eigenvalue weighted by atomic mass is 32.2. The molecule has 0 bridgehead atoms. The van der Waals surface area contributed by atoms with Gasteiger partial charge in [0.1, 0.15) is 0 Å². The first-order valence-corrected chi connectivity index (χ1v) is 10.9. The number of amides is 1. The van der Waals surface area contributed by atoms with Crippen LogP contribution >= 0.6 is 11.8 Å². The molecule has 0 aliphatic carbocycles. The number of thioether (sulfide) groups is 1. The molecule has 0 radical (unpaired) electrons. The van der Waals surface area contributed by atoms with E-state index in [1.807, 2.05) is 18.2 Å². The zero-order valence-electron chi connectivity index (χ0n) is 16.9. The average molecular weight is 419 g/mol. The second-order valence-electron chi connectivity index (χ2n) is 7.22. The van der Waals surface area contributed by atoms with Gasteiger partial charge in [0.05, 0.1) is 17.9 Å². The van der Waals surface area contributed by atoms with Crippen LogP contribution in [-0.4, -0.2) is 59.2 Å². The van der Waals surface area contributed by atoms with Gasteiger partial charge >= 0.3 is 5.88 Å². The molecule has 1 aromatic heterocycles. The summed E-state index contributed by atoms with van der Waals surface area (Å²) in [5, 5.41) is 8.84. The maximum atomic E-state index is 12.1. The fourth-order valence-corrected chi connectivity index (χ4v) is 3.89. The Labute approximate surface area is 175 Å². The first-order chi connectivity index (χ1) is 14.0. The van der Waals surface area contributed by atoms with Crippen LogP contribution in [0, 0.1) is 0 Å². The Kier molecular flexibility index (Phi) is 7.65. The summed E-state index contributed by atoms with van der Waals surface area (Å²) in [6, 6.07) is 9.69. The van der Waals surface area contributed by atoms with Crippen molar-refractivity contribution in [1.82, 2.24) is 10.2 Å². The quantitative estimate of drug-likeness (QED) is 0.518. The van der Waals surface area contributed by atoms with Crippen LogP contribution in [0.5, 0.6) is 0 Å². The van der Waals surface area contributed by atoms with Gasteiger partial charge in [-0.05, 0) is 20.3 Å². The van der Waals surface area contributed by atoms with E-state index in [1.165, 1.54) is 11.8 Å². The van der Waals surface area contributed by atoms with Crippen LogP contribution in [0.3, 0.4) is 0 Å². The number of nitrogens with zero attached hydrogens (tertiary/aromatic N) is 4. The summed E-state index contributed by atoms with van der Waals surface area (Å²) in [5.41, 5.74) is 0.683. The van der Waals surface area contributed by atoms with Crippen LogP contribution in [-0.2, 0) is 4.79 Å². The van der Waals surface area contributed by atoms with Gasteiger partial charge in [0.15, 0.2) is 0 Å². The highest BCUT2D eigenvalue weighted by Crippen LogP contribution is 2.14. The normalized spacial score (nSPS) is 14.9. The second kappa shape index (κ2) is 10.4. The summed E-state index contributed by atoms with van der Waals surface area (Å²) in [6.07, 6.45) is 2.62. The molecular formula is C20H28N5O3S+. The van der Waals surface area contributed by atoms with E-state index in [2.05, 4.69) is 34.3 Å². The Bertz CT molecular complexity index is 803. The molecule has 2 heterocycles. The fraction of sp³-hybridized carbons (Fsp3) is 0.500. The van der Waals surface area contributed by atoms with E-state index in [0.29, 0.717) is 36.1 Å². The summed E-state index contributed by atoms with van der Waals surface area (Å²) in [5.74, 6) is 0.775. The molecular weight excluding hydrogens is 390 g/mol. The number of benzene rings is 1. The van der Waals surface area contributed by atoms with Gasteiger partial charge in [0.25, 0.3) is 6.20 Å². The number of anilines is 1. The molecule has 0 saturated carbocycles. The molecule has 1 saturated heterocycles. The van der Waals surface area contributed by atoms with Crippen LogP contribution in [0.25, 0.3) is 0 Å². The van der Waals surface area contributed by atoms with Crippen molar-refractivity contribution in [2.45, 2.75) is 32.7 Å². The Morgan fingerprint density at radius 1 is 1.21 bits per heavy atom. The molecule has 1 N–H and O–H groups in total. The van der Waals surface area contributed by atoms with E-state index in [-0.39, 0.29) is 11.0 Å². The first-order valence-electron chi connectivity index (χ1n) is 9.93. The van der Waals surface area contributed by atoms with Gasteiger partial charge in [-0.2, -0.15) is 5.01 Å². The summed E-state index contributed by atoms with van der Waals surface area (Å²) in [4.78, 5) is 28.2. The van der Waals surface area contributed by atoms with Gasteiger partial charge in [-0.25, -0.2) is 0 Å². The summed E-state index contributed by atoms with van der Waals surface area (Å²) < 4.78 is 5.23. The lowest BCUT2D eigenvalue weighted by Crippen LogP contribution is -2.65. The number of carbonyl (C=O) groups excluding carboxylic acids is 2. The molecule has 0 spiro atoms. The number of hydrogen-bond acceptors (Lipinski definition) is 7. The van der Waals surface area contributed by atoms with Crippen molar-refractivity contribution in [3.05, 3.63) is 42.1 Å². The molecule has 1 aromatic carbocycles. The molecule has 8 nitrogen and oxygen atoms in total. The first kappa shape index (κ1) is 21.3. The molecule has 9 heteroatoms. The highest BCUT2D eigenvalue weighted by molar-refractivity contribution is 8.14. The van der Waals surface area contributed by atoms with E-state index >= 15 is 0 Å². The lowest BCUT2D eigenvalue weighted by atomic mass is 10.2. The van der Waals surface area contributed by atoms with Gasteiger partial charge in [-0.15, -0.1) is 0 Å².